The molecule has 0 aliphatic heterocycles. The predicted octanol–water partition coefficient (Wildman–Crippen LogP) is 6.35. The van der Waals surface area contributed by atoms with Gasteiger partial charge in [0.05, 0.1) is 0 Å². The SMILES string of the molecule is O=C(Nc1ccc(Sc2ccc(Br)cc2)cc1)OCc1ccccc1. The summed E-state index contributed by atoms with van der Waals surface area (Å²) in [6.45, 7) is 0.254. The lowest BCUT2D eigenvalue weighted by Crippen LogP contribution is -2.13. The van der Waals surface area contributed by atoms with Crippen molar-refractivity contribution in [1.29, 1.82) is 0 Å². The van der Waals surface area contributed by atoms with Crippen LogP contribution in [-0.4, -0.2) is 6.09 Å². The van der Waals surface area contributed by atoms with Gasteiger partial charge in [0.2, 0.25) is 0 Å². The van der Waals surface area contributed by atoms with E-state index in [2.05, 4.69) is 33.4 Å². The molecule has 126 valence electrons. The number of benzene rings is 3. The van der Waals surface area contributed by atoms with Crippen molar-refractivity contribution in [3.63, 3.8) is 0 Å². The van der Waals surface area contributed by atoms with Crippen molar-refractivity contribution in [3.8, 4) is 0 Å². The third-order valence-corrected chi connectivity index (χ3v) is 4.91. The van der Waals surface area contributed by atoms with Crippen LogP contribution in [0.2, 0.25) is 0 Å². The van der Waals surface area contributed by atoms with Crippen molar-refractivity contribution >= 4 is 39.5 Å². The number of nitrogens with one attached hydrogen (secondary N) is 1. The van der Waals surface area contributed by atoms with Gasteiger partial charge in [0.15, 0.2) is 0 Å². The Labute approximate surface area is 159 Å². The number of anilines is 1. The van der Waals surface area contributed by atoms with Gasteiger partial charge < -0.3 is 4.74 Å². The Balaban J connectivity index is 1.51. The van der Waals surface area contributed by atoms with Crippen LogP contribution in [0.5, 0.6) is 0 Å². The highest BCUT2D eigenvalue weighted by molar-refractivity contribution is 9.10. The first-order valence-electron chi connectivity index (χ1n) is 7.70. The number of ether oxygens (including phenoxy) is 1. The van der Waals surface area contributed by atoms with E-state index >= 15 is 0 Å². The van der Waals surface area contributed by atoms with Crippen LogP contribution in [-0.2, 0) is 11.3 Å². The van der Waals surface area contributed by atoms with Gasteiger partial charge in [0.25, 0.3) is 0 Å². The van der Waals surface area contributed by atoms with E-state index in [0.29, 0.717) is 5.69 Å². The Kier molecular flexibility index (Phi) is 6.14. The van der Waals surface area contributed by atoms with Gasteiger partial charge in [-0.15, -0.1) is 0 Å². The Morgan fingerprint density at radius 1 is 0.880 bits per heavy atom. The molecule has 0 spiro atoms. The number of halogens is 1. The van der Waals surface area contributed by atoms with Gasteiger partial charge in [-0.25, -0.2) is 4.79 Å². The maximum Gasteiger partial charge on any atom is 0.411 e. The van der Waals surface area contributed by atoms with Crippen LogP contribution in [0.4, 0.5) is 10.5 Å². The number of hydrogen-bond donors (Lipinski definition) is 1. The maximum absolute atomic E-state index is 11.9. The molecule has 0 bridgehead atoms. The summed E-state index contributed by atoms with van der Waals surface area (Å²) >= 11 is 5.10. The van der Waals surface area contributed by atoms with Gasteiger partial charge >= 0.3 is 6.09 Å². The van der Waals surface area contributed by atoms with E-state index in [4.69, 9.17) is 4.74 Å². The van der Waals surface area contributed by atoms with Crippen LogP contribution >= 0.6 is 27.7 Å². The van der Waals surface area contributed by atoms with E-state index in [1.165, 1.54) is 0 Å². The van der Waals surface area contributed by atoms with Gasteiger partial charge in [-0.1, -0.05) is 58.0 Å². The summed E-state index contributed by atoms with van der Waals surface area (Å²) in [6.07, 6.45) is -0.461. The molecular formula is C20H16BrNO2S. The smallest absolute Gasteiger partial charge is 0.411 e. The summed E-state index contributed by atoms with van der Waals surface area (Å²) in [6, 6.07) is 25.4. The van der Waals surface area contributed by atoms with Crippen molar-refractivity contribution in [3.05, 3.63) is 88.9 Å². The molecular weight excluding hydrogens is 398 g/mol. The highest BCUT2D eigenvalue weighted by atomic mass is 79.9. The lowest BCUT2D eigenvalue weighted by Gasteiger charge is -2.08. The predicted molar refractivity (Wildman–Crippen MR) is 105 cm³/mol. The molecule has 0 saturated heterocycles. The first-order valence-corrected chi connectivity index (χ1v) is 9.31. The standard InChI is InChI=1S/C20H16BrNO2S/c21-16-6-10-18(11-7-16)25-19-12-8-17(9-13-19)22-20(23)24-14-15-4-2-1-3-5-15/h1-13H,14H2,(H,22,23). The number of carbonyl (C=O) groups excluding carboxylic acids is 1. The molecule has 0 atom stereocenters. The summed E-state index contributed by atoms with van der Waals surface area (Å²) < 4.78 is 6.27. The molecule has 0 aliphatic carbocycles. The summed E-state index contributed by atoms with van der Waals surface area (Å²) in [4.78, 5) is 14.1. The van der Waals surface area contributed by atoms with Crippen LogP contribution in [0.1, 0.15) is 5.56 Å². The average molecular weight is 414 g/mol. The van der Waals surface area contributed by atoms with Crippen molar-refractivity contribution in [2.75, 3.05) is 5.32 Å². The fourth-order valence-electron chi connectivity index (χ4n) is 2.12. The Morgan fingerprint density at radius 2 is 1.48 bits per heavy atom. The molecule has 3 nitrogen and oxygen atoms in total. The molecule has 1 amide bonds. The third-order valence-electron chi connectivity index (χ3n) is 3.36. The van der Waals surface area contributed by atoms with Crippen LogP contribution < -0.4 is 5.32 Å². The summed E-state index contributed by atoms with van der Waals surface area (Å²) in [5, 5.41) is 2.73. The second-order valence-electron chi connectivity index (χ2n) is 5.27. The zero-order valence-corrected chi connectivity index (χ0v) is 15.7. The highest BCUT2D eigenvalue weighted by Crippen LogP contribution is 2.29. The van der Waals surface area contributed by atoms with Crippen molar-refractivity contribution < 1.29 is 9.53 Å². The molecule has 3 aromatic rings. The van der Waals surface area contributed by atoms with Crippen molar-refractivity contribution in [2.24, 2.45) is 0 Å². The van der Waals surface area contributed by atoms with E-state index in [9.17, 15) is 4.79 Å². The first-order chi connectivity index (χ1) is 12.2. The van der Waals surface area contributed by atoms with E-state index in [-0.39, 0.29) is 6.61 Å². The van der Waals surface area contributed by atoms with Crippen LogP contribution in [0, 0.1) is 0 Å². The molecule has 0 fully saturated rings. The second-order valence-corrected chi connectivity index (χ2v) is 7.33. The average Bonchev–Trinajstić information content (AvgIpc) is 2.64. The van der Waals surface area contributed by atoms with Crippen LogP contribution in [0.25, 0.3) is 0 Å². The number of rotatable bonds is 5. The topological polar surface area (TPSA) is 38.3 Å². The first kappa shape index (κ1) is 17.6. The van der Waals surface area contributed by atoms with Crippen LogP contribution in [0.15, 0.2) is 93.1 Å². The molecule has 3 aromatic carbocycles. The Bertz CT molecular complexity index is 821. The molecule has 0 radical (unpaired) electrons. The van der Waals surface area contributed by atoms with E-state index in [0.717, 1.165) is 19.8 Å². The summed E-state index contributed by atoms with van der Waals surface area (Å²) in [5.74, 6) is 0. The second kappa shape index (κ2) is 8.74. The normalized spacial score (nSPS) is 10.3. The molecule has 0 saturated carbocycles. The van der Waals surface area contributed by atoms with Gasteiger partial charge in [-0.2, -0.15) is 0 Å². The molecule has 0 aliphatic rings. The zero-order chi connectivity index (χ0) is 17.5. The summed E-state index contributed by atoms with van der Waals surface area (Å²) in [5.41, 5.74) is 1.66. The molecule has 5 heteroatoms. The summed E-state index contributed by atoms with van der Waals surface area (Å²) in [7, 11) is 0. The molecule has 0 aromatic heterocycles. The monoisotopic (exact) mass is 413 g/mol. The lowest BCUT2D eigenvalue weighted by atomic mass is 10.2. The minimum absolute atomic E-state index is 0.254. The fourth-order valence-corrected chi connectivity index (χ4v) is 3.20. The fraction of sp³-hybridized carbons (Fsp3) is 0.0500. The van der Waals surface area contributed by atoms with Crippen LogP contribution in [0.3, 0.4) is 0 Å². The van der Waals surface area contributed by atoms with Gasteiger partial charge in [-0.05, 0) is 54.1 Å². The van der Waals surface area contributed by atoms with Gasteiger partial charge in [0.1, 0.15) is 6.61 Å². The van der Waals surface area contributed by atoms with Crippen molar-refractivity contribution in [1.82, 2.24) is 0 Å². The van der Waals surface area contributed by atoms with E-state index < -0.39 is 6.09 Å². The van der Waals surface area contributed by atoms with E-state index in [1.54, 1.807) is 11.8 Å². The maximum atomic E-state index is 11.9. The lowest BCUT2D eigenvalue weighted by molar-refractivity contribution is 0.155. The quantitative estimate of drug-likeness (QED) is 0.529. The number of hydrogen-bond acceptors (Lipinski definition) is 3. The third kappa shape index (κ3) is 5.66. The molecule has 1 N–H and O–H groups in total. The Morgan fingerprint density at radius 3 is 2.12 bits per heavy atom. The zero-order valence-electron chi connectivity index (χ0n) is 13.3. The number of amides is 1. The molecule has 0 unspecified atom stereocenters. The minimum Gasteiger partial charge on any atom is -0.444 e. The van der Waals surface area contributed by atoms with Crippen molar-refractivity contribution in [2.45, 2.75) is 16.4 Å². The van der Waals surface area contributed by atoms with E-state index in [1.807, 2.05) is 66.7 Å². The minimum atomic E-state index is -0.461. The molecule has 25 heavy (non-hydrogen) atoms. The van der Waals surface area contributed by atoms with Gasteiger partial charge in [-0.3, -0.25) is 5.32 Å². The largest absolute Gasteiger partial charge is 0.444 e. The Hall–Kier alpha value is -2.24. The number of carbonyl (C=O) groups is 1. The molecule has 3 rings (SSSR count). The van der Waals surface area contributed by atoms with Gasteiger partial charge in [0, 0.05) is 20.0 Å². The molecule has 0 heterocycles. The highest BCUT2D eigenvalue weighted by Gasteiger charge is 2.04.